The smallest absolute Gasteiger partial charge is 0.367 e. The van der Waals surface area contributed by atoms with Gasteiger partial charge >= 0.3 is 6.18 Å². The van der Waals surface area contributed by atoms with Crippen molar-refractivity contribution < 1.29 is 13.2 Å². The molecule has 1 fully saturated rings. The van der Waals surface area contributed by atoms with E-state index in [9.17, 15) is 13.2 Å². The Labute approximate surface area is 165 Å². The number of hydrogen-bond donors (Lipinski definition) is 1. The van der Waals surface area contributed by atoms with Gasteiger partial charge in [-0.25, -0.2) is 15.0 Å². The quantitative estimate of drug-likeness (QED) is 0.716. The molecule has 0 amide bonds. The predicted octanol–water partition coefficient (Wildman–Crippen LogP) is 2.94. The van der Waals surface area contributed by atoms with Crippen LogP contribution in [-0.2, 0) is 6.18 Å². The van der Waals surface area contributed by atoms with E-state index in [4.69, 9.17) is 0 Å². The summed E-state index contributed by atoms with van der Waals surface area (Å²) >= 11 is 0. The van der Waals surface area contributed by atoms with Crippen LogP contribution in [0.1, 0.15) is 35.9 Å². The van der Waals surface area contributed by atoms with Crippen LogP contribution in [0.25, 0.3) is 5.78 Å². The Bertz CT molecular complexity index is 1020. The average molecular weight is 406 g/mol. The Morgan fingerprint density at radius 1 is 0.966 bits per heavy atom. The topological polar surface area (TPSA) is 84.1 Å². The summed E-state index contributed by atoms with van der Waals surface area (Å²) in [5.41, 5.74) is 1.50. The molecule has 4 heterocycles. The fourth-order valence-electron chi connectivity index (χ4n) is 3.53. The molecule has 3 aromatic rings. The molecule has 4 rings (SSSR count). The van der Waals surface area contributed by atoms with Crippen LogP contribution in [0.2, 0.25) is 0 Å². The standard InChI is InChI=1S/C18H21F3N8/c1-10-8-14(24-12(3)22-10)28-6-4-13(5-7-28)25-15-9-11(2)23-17-26-16(18(19,20)21)27-29(15)17/h8-9,13,25H,4-7H2,1-3H3. The number of alkyl halides is 3. The van der Waals surface area contributed by atoms with Gasteiger partial charge in [-0.3, -0.25) is 0 Å². The van der Waals surface area contributed by atoms with Gasteiger partial charge in [0.05, 0.1) is 0 Å². The number of piperidine rings is 1. The Morgan fingerprint density at radius 3 is 2.31 bits per heavy atom. The van der Waals surface area contributed by atoms with Crippen molar-refractivity contribution >= 4 is 17.4 Å². The van der Waals surface area contributed by atoms with Gasteiger partial charge < -0.3 is 10.2 Å². The van der Waals surface area contributed by atoms with Crippen molar-refractivity contribution in [3.63, 3.8) is 0 Å². The molecule has 8 nitrogen and oxygen atoms in total. The number of rotatable bonds is 3. The Balaban J connectivity index is 1.50. The maximum Gasteiger partial charge on any atom is 0.453 e. The molecule has 0 radical (unpaired) electrons. The summed E-state index contributed by atoms with van der Waals surface area (Å²) in [6.45, 7) is 7.10. The molecule has 1 aliphatic rings. The van der Waals surface area contributed by atoms with Gasteiger partial charge in [0.1, 0.15) is 17.5 Å². The van der Waals surface area contributed by atoms with Crippen LogP contribution in [0, 0.1) is 20.8 Å². The molecule has 1 N–H and O–H groups in total. The molecule has 29 heavy (non-hydrogen) atoms. The number of aromatic nitrogens is 6. The molecule has 0 spiro atoms. The molecule has 154 valence electrons. The summed E-state index contributed by atoms with van der Waals surface area (Å²) in [4.78, 5) is 18.6. The first-order valence-electron chi connectivity index (χ1n) is 9.34. The third kappa shape index (κ3) is 4.08. The highest BCUT2D eigenvalue weighted by molar-refractivity contribution is 5.47. The first-order chi connectivity index (χ1) is 13.7. The first-order valence-corrected chi connectivity index (χ1v) is 9.34. The SMILES string of the molecule is Cc1cc(N2CCC(Nc3cc(C)nc4nc(C(F)(F)F)nn34)CC2)nc(C)n1. The van der Waals surface area contributed by atoms with Crippen molar-refractivity contribution in [1.82, 2.24) is 29.5 Å². The van der Waals surface area contributed by atoms with Crippen LogP contribution in [0.4, 0.5) is 24.8 Å². The van der Waals surface area contributed by atoms with E-state index < -0.39 is 12.0 Å². The zero-order valence-electron chi connectivity index (χ0n) is 16.3. The Kier molecular flexibility index (Phi) is 4.75. The second-order valence-corrected chi connectivity index (χ2v) is 7.25. The Morgan fingerprint density at radius 2 is 1.66 bits per heavy atom. The lowest BCUT2D eigenvalue weighted by Crippen LogP contribution is -2.40. The highest BCUT2D eigenvalue weighted by atomic mass is 19.4. The van der Waals surface area contributed by atoms with Gasteiger partial charge in [-0.2, -0.15) is 22.7 Å². The summed E-state index contributed by atoms with van der Waals surface area (Å²) in [6.07, 6.45) is -2.99. The maximum atomic E-state index is 13.0. The lowest BCUT2D eigenvalue weighted by Gasteiger charge is -2.33. The van der Waals surface area contributed by atoms with E-state index in [-0.39, 0.29) is 11.8 Å². The van der Waals surface area contributed by atoms with Gasteiger partial charge in [-0.05, 0) is 33.6 Å². The van der Waals surface area contributed by atoms with Crippen molar-refractivity contribution in [3.05, 3.63) is 35.2 Å². The molecule has 0 saturated carbocycles. The molecule has 1 aliphatic heterocycles. The predicted molar refractivity (Wildman–Crippen MR) is 101 cm³/mol. The highest BCUT2D eigenvalue weighted by Crippen LogP contribution is 2.28. The van der Waals surface area contributed by atoms with Gasteiger partial charge in [0, 0.05) is 42.7 Å². The summed E-state index contributed by atoms with van der Waals surface area (Å²) < 4.78 is 40.1. The van der Waals surface area contributed by atoms with E-state index >= 15 is 0 Å². The molecule has 3 aromatic heterocycles. The minimum atomic E-state index is -4.61. The monoisotopic (exact) mass is 406 g/mol. The van der Waals surface area contributed by atoms with Crippen LogP contribution in [0.5, 0.6) is 0 Å². The number of aryl methyl sites for hydroxylation is 3. The molecule has 0 unspecified atom stereocenters. The molecule has 0 aliphatic carbocycles. The molecular formula is C18H21F3N8. The Hall–Kier alpha value is -2.98. The molecule has 0 bridgehead atoms. The van der Waals surface area contributed by atoms with Crippen molar-refractivity contribution in [1.29, 1.82) is 0 Å². The van der Waals surface area contributed by atoms with Gasteiger partial charge in [-0.15, -0.1) is 5.10 Å². The zero-order chi connectivity index (χ0) is 20.8. The van der Waals surface area contributed by atoms with Gasteiger partial charge in [0.2, 0.25) is 0 Å². The van der Waals surface area contributed by atoms with Crippen LogP contribution >= 0.6 is 0 Å². The minimum Gasteiger partial charge on any atom is -0.367 e. The molecule has 0 aromatic carbocycles. The van der Waals surface area contributed by atoms with E-state index in [0.29, 0.717) is 11.5 Å². The second kappa shape index (κ2) is 7.12. The van der Waals surface area contributed by atoms with Gasteiger partial charge in [0.25, 0.3) is 11.6 Å². The molecule has 11 heteroatoms. The van der Waals surface area contributed by atoms with Crippen molar-refractivity contribution in [3.8, 4) is 0 Å². The lowest BCUT2D eigenvalue weighted by atomic mass is 10.0. The van der Waals surface area contributed by atoms with E-state index in [1.165, 1.54) is 0 Å². The third-order valence-corrected chi connectivity index (χ3v) is 4.82. The number of halogens is 3. The number of nitrogens with zero attached hydrogens (tertiary/aromatic N) is 7. The third-order valence-electron chi connectivity index (χ3n) is 4.82. The van der Waals surface area contributed by atoms with E-state index in [1.807, 2.05) is 19.9 Å². The zero-order valence-corrected chi connectivity index (χ0v) is 16.3. The van der Waals surface area contributed by atoms with Crippen molar-refractivity contribution in [2.24, 2.45) is 0 Å². The number of hydrogen-bond acceptors (Lipinski definition) is 7. The molecule has 0 atom stereocenters. The first kappa shape index (κ1) is 19.3. The average Bonchev–Trinajstić information content (AvgIpc) is 3.06. The normalized spacial score (nSPS) is 15.9. The summed E-state index contributed by atoms with van der Waals surface area (Å²) in [7, 11) is 0. The maximum absolute atomic E-state index is 13.0. The second-order valence-electron chi connectivity index (χ2n) is 7.25. The number of anilines is 2. The number of nitrogens with one attached hydrogen (secondary N) is 1. The molecular weight excluding hydrogens is 385 g/mol. The highest BCUT2D eigenvalue weighted by Gasteiger charge is 2.37. The van der Waals surface area contributed by atoms with E-state index in [2.05, 4.69) is 35.3 Å². The fraction of sp³-hybridized carbons (Fsp3) is 0.500. The molecule has 1 saturated heterocycles. The van der Waals surface area contributed by atoms with Crippen LogP contribution in [-0.4, -0.2) is 48.7 Å². The van der Waals surface area contributed by atoms with E-state index in [0.717, 1.165) is 47.8 Å². The number of fused-ring (bicyclic) bond motifs is 1. The summed E-state index contributed by atoms with van der Waals surface area (Å²) in [5, 5.41) is 6.92. The van der Waals surface area contributed by atoms with E-state index in [1.54, 1.807) is 13.0 Å². The van der Waals surface area contributed by atoms with Gasteiger partial charge in [-0.1, -0.05) is 0 Å². The van der Waals surface area contributed by atoms with Crippen molar-refractivity contribution in [2.75, 3.05) is 23.3 Å². The largest absolute Gasteiger partial charge is 0.453 e. The summed E-state index contributed by atoms with van der Waals surface area (Å²) in [6, 6.07) is 3.74. The summed E-state index contributed by atoms with van der Waals surface area (Å²) in [5.74, 6) is 0.845. The van der Waals surface area contributed by atoms with Crippen LogP contribution in [0.15, 0.2) is 12.1 Å². The minimum absolute atomic E-state index is 0.0656. The lowest BCUT2D eigenvalue weighted by molar-refractivity contribution is -0.144. The van der Waals surface area contributed by atoms with Crippen LogP contribution < -0.4 is 10.2 Å². The van der Waals surface area contributed by atoms with Crippen molar-refractivity contribution in [2.45, 2.75) is 45.8 Å². The fourth-order valence-corrected chi connectivity index (χ4v) is 3.53. The van der Waals surface area contributed by atoms with Crippen LogP contribution in [0.3, 0.4) is 0 Å². The van der Waals surface area contributed by atoms with Gasteiger partial charge in [0.15, 0.2) is 0 Å².